The van der Waals surface area contributed by atoms with Crippen molar-refractivity contribution in [3.05, 3.63) is 53.6 Å². The van der Waals surface area contributed by atoms with Gasteiger partial charge in [-0.05, 0) is 36.3 Å². The molecule has 3 rings (SSSR count). The molecule has 4 nitrogen and oxygen atoms in total. The van der Waals surface area contributed by atoms with Gasteiger partial charge in [-0.1, -0.05) is 43.5 Å². The van der Waals surface area contributed by atoms with Crippen molar-refractivity contribution in [3.63, 3.8) is 0 Å². The monoisotopic (exact) mass is 314 g/mol. The van der Waals surface area contributed by atoms with E-state index in [1.165, 1.54) is 19.3 Å². The summed E-state index contributed by atoms with van der Waals surface area (Å²) in [6.45, 7) is 0.841. The fourth-order valence-electron chi connectivity index (χ4n) is 3.63. The Morgan fingerprint density at radius 1 is 1.13 bits per heavy atom. The largest absolute Gasteiger partial charge is 0.392 e. The average molecular weight is 314 g/mol. The van der Waals surface area contributed by atoms with Gasteiger partial charge in [0.2, 0.25) is 0 Å². The first-order valence-electron chi connectivity index (χ1n) is 8.66. The van der Waals surface area contributed by atoms with Gasteiger partial charge in [0.25, 0.3) is 0 Å². The summed E-state index contributed by atoms with van der Waals surface area (Å²) >= 11 is 0. The highest BCUT2D eigenvalue weighted by Gasteiger charge is 2.26. The minimum absolute atomic E-state index is 0.0671. The summed E-state index contributed by atoms with van der Waals surface area (Å²) in [6, 6.07) is 7.96. The summed E-state index contributed by atoms with van der Waals surface area (Å²) in [6.07, 6.45) is 10.0. The van der Waals surface area contributed by atoms with Crippen LogP contribution in [0.3, 0.4) is 0 Å². The smallest absolute Gasteiger partial charge is 0.137 e. The van der Waals surface area contributed by atoms with Crippen molar-refractivity contribution >= 4 is 0 Å². The molecule has 0 aliphatic heterocycles. The molecule has 0 radical (unpaired) electrons. The first kappa shape index (κ1) is 16.2. The van der Waals surface area contributed by atoms with Gasteiger partial charge in [0.1, 0.15) is 11.9 Å². The maximum Gasteiger partial charge on any atom is 0.137 e. The van der Waals surface area contributed by atoms with Crippen molar-refractivity contribution in [3.8, 4) is 0 Å². The first-order chi connectivity index (χ1) is 11.3. The highest BCUT2D eigenvalue weighted by atomic mass is 16.3. The highest BCUT2D eigenvalue weighted by Crippen LogP contribution is 2.33. The second-order valence-corrected chi connectivity index (χ2v) is 6.50. The van der Waals surface area contributed by atoms with Gasteiger partial charge in [-0.25, -0.2) is 4.98 Å². The lowest BCUT2D eigenvalue weighted by Gasteiger charge is -2.26. The molecule has 1 atom stereocenters. The van der Waals surface area contributed by atoms with E-state index in [-0.39, 0.29) is 6.61 Å². The fourth-order valence-corrected chi connectivity index (χ4v) is 3.63. The Labute approximate surface area is 137 Å². The lowest BCUT2D eigenvalue weighted by atomic mass is 9.85. The van der Waals surface area contributed by atoms with Crippen molar-refractivity contribution in [2.75, 3.05) is 0 Å². The molecule has 0 bridgehead atoms. The summed E-state index contributed by atoms with van der Waals surface area (Å²) in [5.74, 6) is 1.13. The van der Waals surface area contributed by atoms with Crippen molar-refractivity contribution < 1.29 is 10.2 Å². The third-order valence-electron chi connectivity index (χ3n) is 5.02. The molecule has 0 spiro atoms. The number of hydrogen-bond acceptors (Lipinski definition) is 3. The lowest BCUT2D eigenvalue weighted by molar-refractivity contribution is 0.0739. The van der Waals surface area contributed by atoms with Gasteiger partial charge in [0.15, 0.2) is 0 Å². The molecule has 1 aliphatic rings. The summed E-state index contributed by atoms with van der Waals surface area (Å²) in [7, 11) is 0. The summed E-state index contributed by atoms with van der Waals surface area (Å²) < 4.78 is 2.06. The molecule has 1 fully saturated rings. The van der Waals surface area contributed by atoms with E-state index in [9.17, 15) is 10.2 Å². The molecule has 1 saturated carbocycles. The van der Waals surface area contributed by atoms with E-state index >= 15 is 0 Å². The molecule has 124 valence electrons. The van der Waals surface area contributed by atoms with E-state index in [0.29, 0.717) is 5.92 Å². The van der Waals surface area contributed by atoms with Crippen molar-refractivity contribution in [1.29, 1.82) is 0 Å². The fraction of sp³-hybridized carbons (Fsp3) is 0.526. The van der Waals surface area contributed by atoms with Crippen molar-refractivity contribution in [2.24, 2.45) is 5.92 Å². The summed E-state index contributed by atoms with van der Waals surface area (Å²) in [4.78, 5) is 4.41. The normalized spacial score (nSPS) is 17.3. The Morgan fingerprint density at radius 3 is 2.61 bits per heavy atom. The van der Waals surface area contributed by atoms with Gasteiger partial charge in [0, 0.05) is 18.9 Å². The number of benzene rings is 1. The molecule has 1 aromatic carbocycles. The topological polar surface area (TPSA) is 58.3 Å². The molecule has 0 amide bonds. The zero-order chi connectivity index (χ0) is 16.1. The molecule has 0 saturated heterocycles. The molecule has 1 aromatic heterocycles. The van der Waals surface area contributed by atoms with Crippen molar-refractivity contribution in [2.45, 2.75) is 57.8 Å². The standard InChI is InChI=1S/C19H26N2O2/c22-14-17-9-5-4-6-15(17)10-12-21-13-11-20-19(21)18(23)16-7-2-1-3-8-16/h4-6,9,11,13,16,18,22-23H,1-3,7-8,10,12,14H2. The van der Waals surface area contributed by atoms with E-state index in [2.05, 4.69) is 15.6 Å². The van der Waals surface area contributed by atoms with Crippen LogP contribution in [0.5, 0.6) is 0 Å². The predicted octanol–water partition coefficient (Wildman–Crippen LogP) is 3.23. The second-order valence-electron chi connectivity index (χ2n) is 6.50. The van der Waals surface area contributed by atoms with Crippen LogP contribution >= 0.6 is 0 Å². The molecule has 23 heavy (non-hydrogen) atoms. The SMILES string of the molecule is OCc1ccccc1CCn1ccnc1C(O)C1CCCCC1. The summed E-state index contributed by atoms with van der Waals surface area (Å²) in [5.41, 5.74) is 2.13. The number of hydrogen-bond donors (Lipinski definition) is 2. The molecular formula is C19H26N2O2. The number of aliphatic hydroxyl groups is 2. The maximum absolute atomic E-state index is 10.7. The maximum atomic E-state index is 10.7. The molecule has 4 heteroatoms. The lowest BCUT2D eigenvalue weighted by Crippen LogP contribution is -2.20. The Kier molecular flexibility index (Phi) is 5.47. The average Bonchev–Trinajstić information content (AvgIpc) is 3.08. The van der Waals surface area contributed by atoms with Crippen LogP contribution in [0.4, 0.5) is 0 Å². The van der Waals surface area contributed by atoms with Crippen LogP contribution in [0.25, 0.3) is 0 Å². The van der Waals surface area contributed by atoms with Gasteiger partial charge in [0.05, 0.1) is 6.61 Å². The predicted molar refractivity (Wildman–Crippen MR) is 89.8 cm³/mol. The zero-order valence-electron chi connectivity index (χ0n) is 13.6. The Balaban J connectivity index is 1.68. The third kappa shape index (κ3) is 3.82. The molecule has 2 N–H and O–H groups in total. The van der Waals surface area contributed by atoms with E-state index in [1.54, 1.807) is 6.20 Å². The van der Waals surface area contributed by atoms with Gasteiger partial charge < -0.3 is 14.8 Å². The van der Waals surface area contributed by atoms with Crippen molar-refractivity contribution in [1.82, 2.24) is 9.55 Å². The molecule has 2 aromatic rings. The first-order valence-corrected chi connectivity index (χ1v) is 8.66. The molecule has 1 heterocycles. The number of aromatic nitrogens is 2. The van der Waals surface area contributed by atoms with Crippen LogP contribution in [0.1, 0.15) is 55.2 Å². The number of aliphatic hydroxyl groups excluding tert-OH is 2. The summed E-state index contributed by atoms with van der Waals surface area (Å²) in [5, 5.41) is 20.1. The molecule has 1 aliphatic carbocycles. The Bertz CT molecular complexity index is 617. The van der Waals surface area contributed by atoms with E-state index in [0.717, 1.165) is 42.8 Å². The third-order valence-corrected chi connectivity index (χ3v) is 5.02. The highest BCUT2D eigenvalue weighted by molar-refractivity contribution is 5.26. The van der Waals surface area contributed by atoms with Crippen LogP contribution < -0.4 is 0 Å². The quantitative estimate of drug-likeness (QED) is 0.860. The van der Waals surface area contributed by atoms with Crippen LogP contribution in [-0.2, 0) is 19.6 Å². The van der Waals surface area contributed by atoms with E-state index in [1.807, 2.05) is 24.4 Å². The Hall–Kier alpha value is -1.65. The number of nitrogens with zero attached hydrogens (tertiary/aromatic N) is 2. The van der Waals surface area contributed by atoms with E-state index in [4.69, 9.17) is 0 Å². The van der Waals surface area contributed by atoms with Crippen LogP contribution in [0, 0.1) is 5.92 Å². The van der Waals surface area contributed by atoms with Gasteiger partial charge in [-0.2, -0.15) is 0 Å². The van der Waals surface area contributed by atoms with Gasteiger partial charge in [-0.3, -0.25) is 0 Å². The zero-order valence-corrected chi connectivity index (χ0v) is 13.6. The number of imidazole rings is 1. The van der Waals surface area contributed by atoms with Gasteiger partial charge in [-0.15, -0.1) is 0 Å². The Morgan fingerprint density at radius 2 is 1.87 bits per heavy atom. The van der Waals surface area contributed by atoms with Crippen LogP contribution in [0.15, 0.2) is 36.7 Å². The van der Waals surface area contributed by atoms with Crippen LogP contribution in [-0.4, -0.2) is 19.8 Å². The van der Waals surface area contributed by atoms with Crippen LogP contribution in [0.2, 0.25) is 0 Å². The number of rotatable bonds is 6. The second kappa shape index (κ2) is 7.75. The number of aryl methyl sites for hydroxylation is 2. The minimum Gasteiger partial charge on any atom is -0.392 e. The molecule has 1 unspecified atom stereocenters. The minimum atomic E-state index is -0.460. The van der Waals surface area contributed by atoms with Gasteiger partial charge >= 0.3 is 0 Å². The van der Waals surface area contributed by atoms with E-state index < -0.39 is 6.10 Å². The molecular weight excluding hydrogens is 288 g/mol.